The second kappa shape index (κ2) is 2.81. The van der Waals surface area contributed by atoms with Crippen molar-refractivity contribution in [2.24, 2.45) is 11.7 Å². The molecule has 0 bridgehead atoms. The van der Waals surface area contributed by atoms with Gasteiger partial charge in [-0.2, -0.15) is 0 Å². The van der Waals surface area contributed by atoms with E-state index in [2.05, 4.69) is 0 Å². The Morgan fingerprint density at radius 1 is 1.55 bits per heavy atom. The van der Waals surface area contributed by atoms with Crippen LogP contribution in [0.25, 0.3) is 0 Å². The molecule has 0 aromatic heterocycles. The molecule has 11 heavy (non-hydrogen) atoms. The number of aliphatic hydroxyl groups is 1. The van der Waals surface area contributed by atoms with E-state index in [1.54, 1.807) is 0 Å². The molecule has 3 nitrogen and oxygen atoms in total. The normalized spacial score (nSPS) is 38.5. The van der Waals surface area contributed by atoms with Gasteiger partial charge in [-0.25, -0.2) is 0 Å². The Hall–Kier alpha value is -0.570. The monoisotopic (exact) mass is 157 g/mol. The summed E-state index contributed by atoms with van der Waals surface area (Å²) in [7, 11) is 0. The van der Waals surface area contributed by atoms with Crippen LogP contribution in [0.1, 0.15) is 32.6 Å². The molecule has 0 aromatic rings. The van der Waals surface area contributed by atoms with E-state index in [4.69, 9.17) is 5.73 Å². The van der Waals surface area contributed by atoms with E-state index in [1.165, 1.54) is 0 Å². The predicted octanol–water partition coefficient (Wildman–Crippen LogP) is 0.413. The molecule has 3 heteroatoms. The van der Waals surface area contributed by atoms with E-state index < -0.39 is 5.60 Å². The van der Waals surface area contributed by atoms with Gasteiger partial charge in [-0.3, -0.25) is 4.79 Å². The minimum Gasteiger partial charge on any atom is -0.390 e. The zero-order chi connectivity index (χ0) is 8.48. The summed E-state index contributed by atoms with van der Waals surface area (Å²) in [5, 5.41) is 9.52. The number of carbonyl (C=O) groups is 1. The molecule has 0 spiro atoms. The molecule has 1 saturated carbocycles. The van der Waals surface area contributed by atoms with Gasteiger partial charge in [0.2, 0.25) is 5.91 Å². The lowest BCUT2D eigenvalue weighted by Gasteiger charge is -2.31. The smallest absolute Gasteiger partial charge is 0.220 e. The number of amides is 1. The third-order valence-electron chi connectivity index (χ3n) is 2.47. The molecular formula is C8H15NO2. The molecule has 3 N–H and O–H groups in total. The van der Waals surface area contributed by atoms with E-state index in [0.717, 1.165) is 12.8 Å². The van der Waals surface area contributed by atoms with Crippen LogP contribution < -0.4 is 5.73 Å². The van der Waals surface area contributed by atoms with Gasteiger partial charge in [-0.1, -0.05) is 0 Å². The van der Waals surface area contributed by atoms with Crippen molar-refractivity contribution in [3.8, 4) is 0 Å². The minimum absolute atomic E-state index is 0.00442. The Bertz CT molecular complexity index is 155. The van der Waals surface area contributed by atoms with Gasteiger partial charge in [-0.15, -0.1) is 0 Å². The van der Waals surface area contributed by atoms with Crippen LogP contribution in [0.5, 0.6) is 0 Å². The largest absolute Gasteiger partial charge is 0.390 e. The number of nitrogens with two attached hydrogens (primary N) is 1. The second-order valence-corrected chi connectivity index (χ2v) is 3.67. The van der Waals surface area contributed by atoms with Gasteiger partial charge in [-0.05, 0) is 32.6 Å². The van der Waals surface area contributed by atoms with E-state index in [-0.39, 0.29) is 11.8 Å². The van der Waals surface area contributed by atoms with Gasteiger partial charge < -0.3 is 10.8 Å². The van der Waals surface area contributed by atoms with Crippen LogP contribution in [-0.4, -0.2) is 16.6 Å². The molecule has 0 aliphatic heterocycles. The molecule has 0 unspecified atom stereocenters. The van der Waals surface area contributed by atoms with Crippen LogP contribution in [0.3, 0.4) is 0 Å². The standard InChI is InChI=1S/C8H15NO2/c1-8(11)4-2-6(3-5-8)7(9)10/h6,11H,2-5H2,1H3,(H2,9,10). The molecule has 0 atom stereocenters. The van der Waals surface area contributed by atoms with Gasteiger partial charge in [0.15, 0.2) is 0 Å². The lowest BCUT2D eigenvalue weighted by Crippen LogP contribution is -2.35. The zero-order valence-corrected chi connectivity index (χ0v) is 6.84. The van der Waals surface area contributed by atoms with Crippen molar-refractivity contribution in [1.29, 1.82) is 0 Å². The maximum atomic E-state index is 10.7. The van der Waals surface area contributed by atoms with E-state index in [0.29, 0.717) is 12.8 Å². The Kier molecular flexibility index (Phi) is 2.18. The fourth-order valence-corrected chi connectivity index (χ4v) is 1.52. The fraction of sp³-hybridized carbons (Fsp3) is 0.875. The van der Waals surface area contributed by atoms with Crippen molar-refractivity contribution in [3.05, 3.63) is 0 Å². The Morgan fingerprint density at radius 3 is 2.36 bits per heavy atom. The summed E-state index contributed by atoms with van der Waals surface area (Å²) < 4.78 is 0. The predicted molar refractivity (Wildman–Crippen MR) is 41.8 cm³/mol. The number of rotatable bonds is 1. The lowest BCUT2D eigenvalue weighted by molar-refractivity contribution is -0.124. The third-order valence-corrected chi connectivity index (χ3v) is 2.47. The van der Waals surface area contributed by atoms with Crippen LogP contribution >= 0.6 is 0 Å². The first-order valence-corrected chi connectivity index (χ1v) is 4.03. The second-order valence-electron chi connectivity index (χ2n) is 3.67. The Labute approximate surface area is 66.6 Å². The van der Waals surface area contributed by atoms with Crippen LogP contribution in [0.2, 0.25) is 0 Å². The quantitative estimate of drug-likeness (QED) is 0.579. The highest BCUT2D eigenvalue weighted by molar-refractivity contribution is 5.76. The van der Waals surface area contributed by atoms with Crippen LogP contribution in [0.15, 0.2) is 0 Å². The molecule has 1 amide bonds. The summed E-state index contributed by atoms with van der Waals surface area (Å²) >= 11 is 0. The van der Waals surface area contributed by atoms with Crippen molar-refractivity contribution in [2.75, 3.05) is 0 Å². The summed E-state index contributed by atoms with van der Waals surface area (Å²) in [5.41, 5.74) is 4.57. The van der Waals surface area contributed by atoms with Crippen molar-refractivity contribution >= 4 is 5.91 Å². The van der Waals surface area contributed by atoms with Gasteiger partial charge in [0.1, 0.15) is 0 Å². The Morgan fingerprint density at radius 2 is 2.00 bits per heavy atom. The molecule has 0 radical (unpaired) electrons. The summed E-state index contributed by atoms with van der Waals surface area (Å²) in [5.74, 6) is -0.226. The number of hydrogen-bond acceptors (Lipinski definition) is 2. The van der Waals surface area contributed by atoms with Crippen molar-refractivity contribution < 1.29 is 9.90 Å². The summed E-state index contributed by atoms with van der Waals surface area (Å²) in [4.78, 5) is 10.7. The highest BCUT2D eigenvalue weighted by Crippen LogP contribution is 2.31. The first-order chi connectivity index (χ1) is 5.01. The van der Waals surface area contributed by atoms with E-state index in [1.807, 2.05) is 6.92 Å². The van der Waals surface area contributed by atoms with Crippen LogP contribution in [0.4, 0.5) is 0 Å². The summed E-state index contributed by atoms with van der Waals surface area (Å²) in [6.07, 6.45) is 2.87. The van der Waals surface area contributed by atoms with Gasteiger partial charge in [0.05, 0.1) is 5.60 Å². The Balaban J connectivity index is 2.42. The third kappa shape index (κ3) is 2.19. The topological polar surface area (TPSA) is 63.3 Å². The van der Waals surface area contributed by atoms with E-state index in [9.17, 15) is 9.90 Å². The van der Waals surface area contributed by atoms with E-state index >= 15 is 0 Å². The number of carbonyl (C=O) groups excluding carboxylic acids is 1. The number of hydrogen-bond donors (Lipinski definition) is 2. The van der Waals surface area contributed by atoms with Crippen molar-refractivity contribution in [3.63, 3.8) is 0 Å². The molecule has 0 aromatic carbocycles. The molecule has 0 heterocycles. The molecule has 1 aliphatic carbocycles. The highest BCUT2D eigenvalue weighted by Gasteiger charge is 2.30. The van der Waals surface area contributed by atoms with Gasteiger partial charge in [0, 0.05) is 5.92 Å². The maximum absolute atomic E-state index is 10.7. The van der Waals surface area contributed by atoms with Crippen LogP contribution in [-0.2, 0) is 4.79 Å². The molecule has 0 saturated heterocycles. The zero-order valence-electron chi connectivity index (χ0n) is 6.84. The van der Waals surface area contributed by atoms with Crippen molar-refractivity contribution in [2.45, 2.75) is 38.2 Å². The number of primary amides is 1. The molecular weight excluding hydrogens is 142 g/mol. The van der Waals surface area contributed by atoms with Crippen molar-refractivity contribution in [1.82, 2.24) is 0 Å². The lowest BCUT2D eigenvalue weighted by atomic mass is 9.80. The average Bonchev–Trinajstić information content (AvgIpc) is 1.86. The summed E-state index contributed by atoms with van der Waals surface area (Å²) in [6.45, 7) is 1.81. The average molecular weight is 157 g/mol. The first-order valence-electron chi connectivity index (χ1n) is 4.03. The molecule has 1 aliphatic rings. The minimum atomic E-state index is -0.564. The fourth-order valence-electron chi connectivity index (χ4n) is 1.52. The molecule has 64 valence electrons. The molecule has 1 fully saturated rings. The molecule has 1 rings (SSSR count). The maximum Gasteiger partial charge on any atom is 0.220 e. The van der Waals surface area contributed by atoms with Gasteiger partial charge >= 0.3 is 0 Å². The summed E-state index contributed by atoms with van der Waals surface area (Å²) in [6, 6.07) is 0. The van der Waals surface area contributed by atoms with Crippen LogP contribution in [0, 0.1) is 5.92 Å². The van der Waals surface area contributed by atoms with Gasteiger partial charge in [0.25, 0.3) is 0 Å². The SMILES string of the molecule is CC1(O)CCC(C(N)=O)CC1. The highest BCUT2D eigenvalue weighted by atomic mass is 16.3. The first kappa shape index (κ1) is 8.53.